The molecule has 134 valence electrons. The second-order valence-electron chi connectivity index (χ2n) is 5.75. The largest absolute Gasteiger partial charge is 0.497 e. The molecule has 9 heteroatoms. The predicted octanol–water partition coefficient (Wildman–Crippen LogP) is 0.668. The number of barbiturate groups is 1. The Bertz CT molecular complexity index is 872. The smallest absolute Gasteiger partial charge is 0.330 e. The van der Waals surface area contributed by atoms with Gasteiger partial charge in [-0.05, 0) is 37.3 Å². The minimum Gasteiger partial charge on any atom is -0.497 e. The van der Waals surface area contributed by atoms with Crippen LogP contribution in [0.3, 0.4) is 0 Å². The molecule has 0 saturated carbocycles. The number of benzene rings is 1. The van der Waals surface area contributed by atoms with E-state index in [0.717, 1.165) is 4.90 Å². The third-order valence-electron chi connectivity index (χ3n) is 4.13. The van der Waals surface area contributed by atoms with Gasteiger partial charge < -0.3 is 4.74 Å². The van der Waals surface area contributed by atoms with Crippen molar-refractivity contribution in [3.05, 3.63) is 35.9 Å². The molecule has 1 unspecified atom stereocenters. The van der Waals surface area contributed by atoms with Crippen LogP contribution >= 0.6 is 0 Å². The Morgan fingerprint density at radius 2 is 1.81 bits per heavy atom. The van der Waals surface area contributed by atoms with Crippen molar-refractivity contribution in [3.63, 3.8) is 0 Å². The zero-order valence-electron chi connectivity index (χ0n) is 14.3. The van der Waals surface area contributed by atoms with E-state index < -0.39 is 29.7 Å². The molecule has 1 aromatic rings. The van der Waals surface area contributed by atoms with Gasteiger partial charge in [0.05, 0.1) is 24.1 Å². The average Bonchev–Trinajstić information content (AvgIpc) is 2.91. The summed E-state index contributed by atoms with van der Waals surface area (Å²) in [6.45, 7) is 1.60. The van der Waals surface area contributed by atoms with Crippen LogP contribution < -0.4 is 15.1 Å². The molecule has 2 aliphatic rings. The van der Waals surface area contributed by atoms with Gasteiger partial charge in [0.1, 0.15) is 11.7 Å². The molecule has 2 aliphatic heterocycles. The summed E-state index contributed by atoms with van der Waals surface area (Å²) < 4.78 is 5.08. The van der Waals surface area contributed by atoms with E-state index in [1.54, 1.807) is 31.2 Å². The standard InChI is InChI=1S/C17H16N4O5/c1-9-12(8-13-14(22)18-17(25)20(2)15(13)23)16(24)21(19-9)10-4-6-11(26-3)7-5-10/h4-8,13H,1-3H3,(H,18,22,25)/b12-8-. The number of hydrogen-bond donors (Lipinski definition) is 1. The topological polar surface area (TPSA) is 108 Å². The summed E-state index contributed by atoms with van der Waals surface area (Å²) in [4.78, 5) is 49.1. The molecular weight excluding hydrogens is 340 g/mol. The number of nitrogens with one attached hydrogen (secondary N) is 1. The molecule has 1 N–H and O–H groups in total. The number of methoxy groups -OCH3 is 1. The van der Waals surface area contributed by atoms with Crippen molar-refractivity contribution in [2.45, 2.75) is 6.92 Å². The molecule has 0 spiro atoms. The van der Waals surface area contributed by atoms with Crippen LogP contribution in [-0.2, 0) is 14.4 Å². The van der Waals surface area contributed by atoms with E-state index in [1.807, 2.05) is 0 Å². The van der Waals surface area contributed by atoms with Crippen molar-refractivity contribution < 1.29 is 23.9 Å². The monoisotopic (exact) mass is 356 g/mol. The summed E-state index contributed by atoms with van der Waals surface area (Å²) in [7, 11) is 2.80. The molecule has 0 bridgehead atoms. The van der Waals surface area contributed by atoms with Crippen LogP contribution in [0.25, 0.3) is 0 Å². The molecule has 1 fully saturated rings. The van der Waals surface area contributed by atoms with Gasteiger partial charge in [-0.3, -0.25) is 24.6 Å². The van der Waals surface area contributed by atoms with Crippen molar-refractivity contribution in [1.82, 2.24) is 10.2 Å². The molecule has 1 atom stereocenters. The number of rotatable bonds is 3. The first-order valence-corrected chi connectivity index (χ1v) is 7.71. The molecule has 26 heavy (non-hydrogen) atoms. The first-order chi connectivity index (χ1) is 12.3. The number of amides is 5. The molecule has 1 saturated heterocycles. The van der Waals surface area contributed by atoms with Gasteiger partial charge >= 0.3 is 6.03 Å². The van der Waals surface area contributed by atoms with Crippen LogP contribution in [0.5, 0.6) is 5.75 Å². The number of imide groups is 2. The number of nitrogens with zero attached hydrogens (tertiary/aromatic N) is 3. The van der Waals surface area contributed by atoms with Crippen LogP contribution in [0, 0.1) is 5.92 Å². The van der Waals surface area contributed by atoms with E-state index in [9.17, 15) is 19.2 Å². The fraction of sp³-hybridized carbons (Fsp3) is 0.235. The Morgan fingerprint density at radius 3 is 2.42 bits per heavy atom. The minimum atomic E-state index is -1.27. The molecule has 0 radical (unpaired) electrons. The second-order valence-corrected chi connectivity index (χ2v) is 5.75. The molecule has 2 heterocycles. The van der Waals surface area contributed by atoms with E-state index >= 15 is 0 Å². The van der Waals surface area contributed by atoms with Crippen LogP contribution in [0.15, 0.2) is 41.0 Å². The maximum atomic E-state index is 12.7. The number of hydrogen-bond acceptors (Lipinski definition) is 6. The number of ether oxygens (including phenoxy) is 1. The van der Waals surface area contributed by atoms with Gasteiger partial charge in [0, 0.05) is 7.05 Å². The summed E-state index contributed by atoms with van der Waals surface area (Å²) in [5.41, 5.74) is 1.02. The number of hydrazone groups is 1. The van der Waals surface area contributed by atoms with Crippen molar-refractivity contribution >= 4 is 35.2 Å². The highest BCUT2D eigenvalue weighted by Crippen LogP contribution is 2.26. The first kappa shape index (κ1) is 17.3. The lowest BCUT2D eigenvalue weighted by atomic mass is 9.99. The molecule has 1 aromatic carbocycles. The van der Waals surface area contributed by atoms with E-state index in [-0.39, 0.29) is 5.57 Å². The zero-order valence-corrected chi connectivity index (χ0v) is 14.3. The molecule has 0 aromatic heterocycles. The van der Waals surface area contributed by atoms with Crippen LogP contribution in [-0.4, -0.2) is 48.5 Å². The van der Waals surface area contributed by atoms with Crippen molar-refractivity contribution in [2.24, 2.45) is 11.0 Å². The Labute approximate surface area is 148 Å². The summed E-state index contributed by atoms with van der Waals surface area (Å²) in [5, 5.41) is 7.45. The summed E-state index contributed by atoms with van der Waals surface area (Å²) >= 11 is 0. The minimum absolute atomic E-state index is 0.136. The molecule has 0 aliphatic carbocycles. The van der Waals surface area contributed by atoms with Crippen molar-refractivity contribution in [1.29, 1.82) is 0 Å². The average molecular weight is 356 g/mol. The van der Waals surface area contributed by atoms with Crippen molar-refractivity contribution in [3.8, 4) is 5.75 Å². The molecular formula is C17H16N4O5. The highest BCUT2D eigenvalue weighted by atomic mass is 16.5. The Balaban J connectivity index is 1.89. The Morgan fingerprint density at radius 1 is 1.15 bits per heavy atom. The summed E-state index contributed by atoms with van der Waals surface area (Å²) in [5.74, 6) is -2.57. The van der Waals surface area contributed by atoms with Gasteiger partial charge in [-0.15, -0.1) is 0 Å². The summed E-state index contributed by atoms with van der Waals surface area (Å²) in [6, 6.07) is 5.92. The lowest BCUT2D eigenvalue weighted by molar-refractivity contribution is -0.139. The highest BCUT2D eigenvalue weighted by molar-refractivity contribution is 6.30. The molecule has 9 nitrogen and oxygen atoms in total. The summed E-state index contributed by atoms with van der Waals surface area (Å²) in [6.07, 6.45) is 1.24. The molecule has 3 rings (SSSR count). The van der Waals surface area contributed by atoms with E-state index in [0.29, 0.717) is 17.1 Å². The van der Waals surface area contributed by atoms with Crippen LogP contribution in [0.1, 0.15) is 6.92 Å². The number of anilines is 1. The molecule has 5 amide bonds. The second kappa shape index (κ2) is 6.43. The maximum absolute atomic E-state index is 12.7. The van der Waals surface area contributed by atoms with Crippen LogP contribution in [0.4, 0.5) is 10.5 Å². The zero-order chi connectivity index (χ0) is 19.0. The van der Waals surface area contributed by atoms with E-state index in [2.05, 4.69) is 10.4 Å². The maximum Gasteiger partial charge on any atom is 0.330 e. The normalized spacial score (nSPS) is 22.0. The van der Waals surface area contributed by atoms with Gasteiger partial charge in [-0.2, -0.15) is 10.1 Å². The lowest BCUT2D eigenvalue weighted by Gasteiger charge is -2.25. The van der Waals surface area contributed by atoms with Gasteiger partial charge in [-0.25, -0.2) is 4.79 Å². The lowest BCUT2D eigenvalue weighted by Crippen LogP contribution is -2.55. The van der Waals surface area contributed by atoms with Crippen LogP contribution in [0.2, 0.25) is 0 Å². The number of carbonyl (C=O) groups excluding carboxylic acids is 4. The Kier molecular flexibility index (Phi) is 4.29. The highest BCUT2D eigenvalue weighted by Gasteiger charge is 2.39. The number of carbonyl (C=O) groups is 4. The van der Waals surface area contributed by atoms with E-state index in [1.165, 1.54) is 25.2 Å². The van der Waals surface area contributed by atoms with E-state index in [4.69, 9.17) is 4.74 Å². The first-order valence-electron chi connectivity index (χ1n) is 7.71. The predicted molar refractivity (Wildman–Crippen MR) is 91.5 cm³/mol. The SMILES string of the molecule is COc1ccc(N2N=C(C)/C(=C/C3C(=O)NC(=O)N(C)C3=O)C2=O)cc1. The number of urea groups is 1. The van der Waals surface area contributed by atoms with Gasteiger partial charge in [0.25, 0.3) is 5.91 Å². The van der Waals surface area contributed by atoms with Gasteiger partial charge in [-0.1, -0.05) is 0 Å². The van der Waals surface area contributed by atoms with Crippen molar-refractivity contribution in [2.75, 3.05) is 19.2 Å². The van der Waals surface area contributed by atoms with Gasteiger partial charge in [0.15, 0.2) is 0 Å². The third kappa shape index (κ3) is 2.83. The van der Waals surface area contributed by atoms with Gasteiger partial charge in [0.2, 0.25) is 11.8 Å². The fourth-order valence-electron chi connectivity index (χ4n) is 2.61. The quantitative estimate of drug-likeness (QED) is 0.632. The fourth-order valence-corrected chi connectivity index (χ4v) is 2.61. The Hall–Kier alpha value is -3.49. The third-order valence-corrected chi connectivity index (χ3v) is 4.13.